The quantitative estimate of drug-likeness (QED) is 0.808. The van der Waals surface area contributed by atoms with Crippen molar-refractivity contribution in [2.45, 2.75) is 32.4 Å². The average Bonchev–Trinajstić information content (AvgIpc) is 2.74. The van der Waals surface area contributed by atoms with Crippen molar-refractivity contribution < 1.29 is 4.42 Å². The van der Waals surface area contributed by atoms with Gasteiger partial charge in [0.2, 0.25) is 0 Å². The van der Waals surface area contributed by atoms with Crippen molar-refractivity contribution >= 4 is 0 Å². The van der Waals surface area contributed by atoms with Crippen molar-refractivity contribution in [1.82, 2.24) is 4.90 Å². The van der Waals surface area contributed by atoms with Crippen molar-refractivity contribution in [3.8, 4) is 0 Å². The summed E-state index contributed by atoms with van der Waals surface area (Å²) in [6.07, 6.45) is 4.76. The zero-order valence-electron chi connectivity index (χ0n) is 9.52. The molecule has 3 atom stereocenters. The van der Waals surface area contributed by atoms with E-state index in [9.17, 15) is 0 Å². The second kappa shape index (κ2) is 4.37. The Morgan fingerprint density at radius 3 is 3.00 bits per heavy atom. The Balaban J connectivity index is 2.00. The molecule has 0 aromatic carbocycles. The summed E-state index contributed by atoms with van der Waals surface area (Å²) < 4.78 is 5.12. The molecular formula is C12H20N2O. The molecule has 0 saturated carbocycles. The van der Waals surface area contributed by atoms with E-state index in [1.807, 2.05) is 12.3 Å². The number of nitrogens with two attached hydrogens (primary N) is 1. The van der Waals surface area contributed by atoms with Crippen molar-refractivity contribution in [2.75, 3.05) is 13.1 Å². The predicted octanol–water partition coefficient (Wildman–Crippen LogP) is 2.01. The van der Waals surface area contributed by atoms with E-state index in [2.05, 4.69) is 18.7 Å². The molecule has 1 aromatic rings. The first-order chi connectivity index (χ1) is 7.18. The first-order valence-electron chi connectivity index (χ1n) is 5.70. The molecule has 3 nitrogen and oxygen atoms in total. The van der Waals surface area contributed by atoms with Gasteiger partial charge in [-0.25, -0.2) is 0 Å². The Kier molecular flexibility index (Phi) is 3.12. The molecule has 2 heterocycles. The average molecular weight is 208 g/mol. The third-order valence-electron chi connectivity index (χ3n) is 3.62. The van der Waals surface area contributed by atoms with E-state index in [1.54, 1.807) is 6.26 Å². The van der Waals surface area contributed by atoms with Crippen molar-refractivity contribution in [3.63, 3.8) is 0 Å². The minimum atomic E-state index is 0.313. The van der Waals surface area contributed by atoms with Crippen LogP contribution in [0.15, 0.2) is 23.0 Å². The van der Waals surface area contributed by atoms with Gasteiger partial charge in [-0.1, -0.05) is 6.92 Å². The van der Waals surface area contributed by atoms with Gasteiger partial charge in [-0.05, 0) is 31.9 Å². The second-order valence-electron chi connectivity index (χ2n) is 4.66. The van der Waals surface area contributed by atoms with Crippen LogP contribution in [0.1, 0.15) is 31.9 Å². The van der Waals surface area contributed by atoms with E-state index in [0.717, 1.165) is 13.1 Å². The highest BCUT2D eigenvalue weighted by Gasteiger charge is 2.26. The highest BCUT2D eigenvalue weighted by Crippen LogP contribution is 2.25. The van der Waals surface area contributed by atoms with Crippen LogP contribution < -0.4 is 5.73 Å². The van der Waals surface area contributed by atoms with Crippen LogP contribution in [0.25, 0.3) is 0 Å². The van der Waals surface area contributed by atoms with Gasteiger partial charge in [0.05, 0.1) is 12.5 Å². The highest BCUT2D eigenvalue weighted by atomic mass is 16.3. The van der Waals surface area contributed by atoms with Gasteiger partial charge in [-0.15, -0.1) is 0 Å². The molecular weight excluding hydrogens is 188 g/mol. The van der Waals surface area contributed by atoms with Crippen LogP contribution >= 0.6 is 0 Å². The molecule has 1 aromatic heterocycles. The zero-order chi connectivity index (χ0) is 10.8. The Morgan fingerprint density at radius 2 is 2.40 bits per heavy atom. The first kappa shape index (κ1) is 10.7. The van der Waals surface area contributed by atoms with Crippen molar-refractivity contribution in [2.24, 2.45) is 11.7 Å². The van der Waals surface area contributed by atoms with Crippen LogP contribution in [0.3, 0.4) is 0 Å². The lowest BCUT2D eigenvalue weighted by Gasteiger charge is -2.38. The number of rotatable bonds is 2. The molecule has 3 unspecified atom stereocenters. The number of piperidine rings is 1. The predicted molar refractivity (Wildman–Crippen MR) is 60.5 cm³/mol. The first-order valence-corrected chi connectivity index (χ1v) is 5.70. The van der Waals surface area contributed by atoms with Crippen molar-refractivity contribution in [3.05, 3.63) is 24.2 Å². The maximum absolute atomic E-state index is 6.09. The third kappa shape index (κ3) is 2.24. The van der Waals surface area contributed by atoms with E-state index in [0.29, 0.717) is 18.0 Å². The molecule has 0 amide bonds. The summed E-state index contributed by atoms with van der Waals surface area (Å²) >= 11 is 0. The molecule has 0 radical (unpaired) electrons. The molecule has 1 fully saturated rings. The van der Waals surface area contributed by atoms with Gasteiger partial charge in [0, 0.05) is 24.2 Å². The van der Waals surface area contributed by atoms with Crippen LogP contribution in [0.5, 0.6) is 0 Å². The molecule has 0 bridgehead atoms. The van der Waals surface area contributed by atoms with Gasteiger partial charge in [0.15, 0.2) is 0 Å². The third-order valence-corrected chi connectivity index (χ3v) is 3.62. The van der Waals surface area contributed by atoms with Crippen LogP contribution in [0.2, 0.25) is 0 Å². The largest absolute Gasteiger partial charge is 0.472 e. The monoisotopic (exact) mass is 208 g/mol. The van der Waals surface area contributed by atoms with Crippen LogP contribution in [-0.4, -0.2) is 24.0 Å². The molecule has 3 heteroatoms. The molecule has 1 aliphatic rings. The summed E-state index contributed by atoms with van der Waals surface area (Å²) in [5.74, 6) is 0.651. The van der Waals surface area contributed by atoms with E-state index < -0.39 is 0 Å². The fraction of sp³-hybridized carbons (Fsp3) is 0.667. The van der Waals surface area contributed by atoms with E-state index in [-0.39, 0.29) is 0 Å². The lowest BCUT2D eigenvalue weighted by atomic mass is 9.93. The van der Waals surface area contributed by atoms with E-state index >= 15 is 0 Å². The van der Waals surface area contributed by atoms with Crippen LogP contribution in [0.4, 0.5) is 0 Å². The number of furan rings is 1. The van der Waals surface area contributed by atoms with Gasteiger partial charge >= 0.3 is 0 Å². The Hall–Kier alpha value is -0.800. The molecule has 1 saturated heterocycles. The molecule has 2 N–H and O–H groups in total. The summed E-state index contributed by atoms with van der Waals surface area (Å²) in [4.78, 5) is 2.44. The standard InChI is InChI=1S/C12H20N2O/c1-9-3-5-14(7-12(9)13)10(2)11-4-6-15-8-11/h4,6,8-10,12H,3,5,7,13H2,1-2H3. The maximum atomic E-state index is 6.09. The van der Waals surface area contributed by atoms with Crippen LogP contribution in [0, 0.1) is 5.92 Å². The Labute approximate surface area is 91.2 Å². The zero-order valence-corrected chi connectivity index (χ0v) is 9.52. The Morgan fingerprint density at radius 1 is 1.60 bits per heavy atom. The summed E-state index contributed by atoms with van der Waals surface area (Å²) in [6, 6.07) is 2.77. The molecule has 0 aliphatic carbocycles. The van der Waals surface area contributed by atoms with E-state index in [1.165, 1.54) is 12.0 Å². The van der Waals surface area contributed by atoms with E-state index in [4.69, 9.17) is 10.2 Å². The fourth-order valence-corrected chi connectivity index (χ4v) is 2.20. The molecule has 0 spiro atoms. The number of nitrogens with zero attached hydrogens (tertiary/aromatic N) is 1. The number of likely N-dealkylation sites (tertiary alicyclic amines) is 1. The molecule has 1 aliphatic heterocycles. The topological polar surface area (TPSA) is 42.4 Å². The van der Waals surface area contributed by atoms with Crippen molar-refractivity contribution in [1.29, 1.82) is 0 Å². The Bertz CT molecular complexity index is 297. The molecule has 84 valence electrons. The lowest BCUT2D eigenvalue weighted by molar-refractivity contribution is 0.128. The number of hydrogen-bond donors (Lipinski definition) is 1. The summed E-state index contributed by atoms with van der Waals surface area (Å²) in [5, 5.41) is 0. The van der Waals surface area contributed by atoms with Gasteiger partial charge in [-0.3, -0.25) is 4.90 Å². The van der Waals surface area contributed by atoms with Gasteiger partial charge in [0.1, 0.15) is 0 Å². The molecule has 15 heavy (non-hydrogen) atoms. The summed E-state index contributed by atoms with van der Waals surface area (Å²) in [7, 11) is 0. The summed E-state index contributed by atoms with van der Waals surface area (Å²) in [6.45, 7) is 6.59. The second-order valence-corrected chi connectivity index (χ2v) is 4.66. The maximum Gasteiger partial charge on any atom is 0.0950 e. The molecule has 2 rings (SSSR count). The summed E-state index contributed by atoms with van der Waals surface area (Å²) in [5.41, 5.74) is 7.34. The van der Waals surface area contributed by atoms with Gasteiger partial charge in [0.25, 0.3) is 0 Å². The smallest absolute Gasteiger partial charge is 0.0950 e. The fourth-order valence-electron chi connectivity index (χ4n) is 2.20. The number of hydrogen-bond acceptors (Lipinski definition) is 3. The normalized spacial score (nSPS) is 30.3. The minimum Gasteiger partial charge on any atom is -0.472 e. The minimum absolute atomic E-state index is 0.313. The lowest BCUT2D eigenvalue weighted by Crippen LogP contribution is -2.48. The highest BCUT2D eigenvalue weighted by molar-refractivity contribution is 5.11. The SMILES string of the molecule is CC1CCN(C(C)c2ccoc2)CC1N. The van der Waals surface area contributed by atoms with Crippen LogP contribution in [-0.2, 0) is 0 Å². The van der Waals surface area contributed by atoms with Gasteiger partial charge in [-0.2, -0.15) is 0 Å². The van der Waals surface area contributed by atoms with Gasteiger partial charge < -0.3 is 10.2 Å².